The highest BCUT2D eigenvalue weighted by molar-refractivity contribution is 6.04. The zero-order valence-corrected chi connectivity index (χ0v) is 14.5. The first kappa shape index (κ1) is 18.1. The van der Waals surface area contributed by atoms with Gasteiger partial charge in [0.1, 0.15) is 0 Å². The molecule has 0 atom stereocenters. The molecule has 2 aromatic carbocycles. The summed E-state index contributed by atoms with van der Waals surface area (Å²) < 4.78 is 10.8. The highest BCUT2D eigenvalue weighted by Crippen LogP contribution is 2.30. The minimum atomic E-state index is -0.133. The Morgan fingerprint density at radius 1 is 1.12 bits per heavy atom. The summed E-state index contributed by atoms with van der Waals surface area (Å²) in [5.41, 5.74) is 3.76. The zero-order valence-electron chi connectivity index (χ0n) is 13.7. The average molecular weight is 349 g/mol. The lowest BCUT2D eigenvalue weighted by atomic mass is 10.1. The smallest absolute Gasteiger partial charge is 0.255 e. The van der Waals surface area contributed by atoms with E-state index in [1.165, 1.54) is 11.1 Å². The first-order valence-electron chi connectivity index (χ1n) is 7.66. The number of anilines is 1. The molecule has 0 unspecified atom stereocenters. The molecule has 0 saturated carbocycles. The van der Waals surface area contributed by atoms with Gasteiger partial charge in [-0.3, -0.25) is 4.79 Å². The van der Waals surface area contributed by atoms with Crippen molar-refractivity contribution in [3.63, 3.8) is 0 Å². The van der Waals surface area contributed by atoms with Crippen LogP contribution in [0.4, 0.5) is 5.69 Å². The van der Waals surface area contributed by atoms with E-state index in [1.54, 1.807) is 25.3 Å². The SMILES string of the molecule is CCOc1ccc(NC(=O)c2ccc3c(c2)CNC3)cc1OC.Cl. The van der Waals surface area contributed by atoms with E-state index in [9.17, 15) is 4.79 Å². The predicted octanol–water partition coefficient (Wildman–Crippen LogP) is 3.37. The molecular formula is C18H21ClN2O3. The maximum Gasteiger partial charge on any atom is 0.255 e. The van der Waals surface area contributed by atoms with E-state index in [4.69, 9.17) is 9.47 Å². The lowest BCUT2D eigenvalue weighted by Crippen LogP contribution is -2.12. The van der Waals surface area contributed by atoms with Crippen molar-refractivity contribution in [2.75, 3.05) is 19.0 Å². The topological polar surface area (TPSA) is 59.6 Å². The Kier molecular flexibility index (Phi) is 6.06. The second-order valence-electron chi connectivity index (χ2n) is 5.34. The molecule has 5 nitrogen and oxygen atoms in total. The first-order valence-corrected chi connectivity index (χ1v) is 7.66. The number of nitrogens with one attached hydrogen (secondary N) is 2. The molecule has 1 aliphatic rings. The molecule has 1 heterocycles. The molecule has 6 heteroatoms. The van der Waals surface area contributed by atoms with E-state index < -0.39 is 0 Å². The van der Waals surface area contributed by atoms with E-state index in [1.807, 2.05) is 25.1 Å². The summed E-state index contributed by atoms with van der Waals surface area (Å²) in [6.45, 7) is 4.16. The van der Waals surface area contributed by atoms with Gasteiger partial charge in [0, 0.05) is 30.4 Å². The van der Waals surface area contributed by atoms with Crippen LogP contribution in [-0.2, 0) is 13.1 Å². The molecule has 0 saturated heterocycles. The van der Waals surface area contributed by atoms with Gasteiger partial charge in [0.2, 0.25) is 0 Å². The van der Waals surface area contributed by atoms with Gasteiger partial charge in [-0.25, -0.2) is 0 Å². The molecule has 1 aliphatic heterocycles. The molecule has 1 amide bonds. The fraction of sp³-hybridized carbons (Fsp3) is 0.278. The third-order valence-corrected chi connectivity index (χ3v) is 3.82. The van der Waals surface area contributed by atoms with Gasteiger partial charge in [-0.1, -0.05) is 6.07 Å². The second-order valence-corrected chi connectivity index (χ2v) is 5.34. The maximum atomic E-state index is 12.4. The normalized spacial score (nSPS) is 12.1. The molecule has 0 aromatic heterocycles. The molecular weight excluding hydrogens is 328 g/mol. The highest BCUT2D eigenvalue weighted by atomic mass is 35.5. The maximum absolute atomic E-state index is 12.4. The Morgan fingerprint density at radius 3 is 2.67 bits per heavy atom. The number of carbonyl (C=O) groups is 1. The molecule has 128 valence electrons. The lowest BCUT2D eigenvalue weighted by Gasteiger charge is -2.12. The Morgan fingerprint density at radius 2 is 1.92 bits per heavy atom. The van der Waals surface area contributed by atoms with E-state index in [2.05, 4.69) is 10.6 Å². The molecule has 3 rings (SSSR count). The van der Waals surface area contributed by atoms with Gasteiger partial charge in [0.15, 0.2) is 11.5 Å². The predicted molar refractivity (Wildman–Crippen MR) is 96.3 cm³/mol. The van der Waals surface area contributed by atoms with Crippen LogP contribution in [-0.4, -0.2) is 19.6 Å². The number of carbonyl (C=O) groups excluding carboxylic acids is 1. The van der Waals surface area contributed by atoms with E-state index >= 15 is 0 Å². The van der Waals surface area contributed by atoms with Crippen LogP contribution in [0.3, 0.4) is 0 Å². The van der Waals surface area contributed by atoms with Crippen LogP contribution in [0.5, 0.6) is 11.5 Å². The number of methoxy groups -OCH3 is 1. The lowest BCUT2D eigenvalue weighted by molar-refractivity contribution is 0.102. The van der Waals surface area contributed by atoms with Crippen molar-refractivity contribution >= 4 is 24.0 Å². The van der Waals surface area contributed by atoms with Crippen LogP contribution in [0, 0.1) is 0 Å². The molecule has 0 fully saturated rings. The van der Waals surface area contributed by atoms with Gasteiger partial charge in [0.05, 0.1) is 13.7 Å². The van der Waals surface area contributed by atoms with Gasteiger partial charge in [-0.15, -0.1) is 12.4 Å². The number of rotatable bonds is 5. The molecule has 0 bridgehead atoms. The summed E-state index contributed by atoms with van der Waals surface area (Å²) in [7, 11) is 1.58. The van der Waals surface area contributed by atoms with Gasteiger partial charge < -0.3 is 20.1 Å². The number of hydrogen-bond acceptors (Lipinski definition) is 4. The van der Waals surface area contributed by atoms with Crippen molar-refractivity contribution in [3.8, 4) is 11.5 Å². The minimum Gasteiger partial charge on any atom is -0.493 e. The molecule has 0 radical (unpaired) electrons. The average Bonchev–Trinajstić information content (AvgIpc) is 3.04. The molecule has 2 N–H and O–H groups in total. The summed E-state index contributed by atoms with van der Waals surface area (Å²) in [6.07, 6.45) is 0. The second kappa shape index (κ2) is 8.04. The third kappa shape index (κ3) is 3.80. The van der Waals surface area contributed by atoms with Crippen LogP contribution in [0.25, 0.3) is 0 Å². The molecule has 0 aliphatic carbocycles. The van der Waals surface area contributed by atoms with Crippen molar-refractivity contribution in [1.29, 1.82) is 0 Å². The Labute approximate surface area is 147 Å². The standard InChI is InChI=1S/C18H20N2O3.ClH/c1-3-23-16-7-6-15(9-17(16)22-2)20-18(21)12-4-5-13-10-19-11-14(13)8-12;/h4-9,19H,3,10-11H2,1-2H3,(H,20,21);1H. The summed E-state index contributed by atoms with van der Waals surface area (Å²) >= 11 is 0. The Hall–Kier alpha value is -2.24. The van der Waals surface area contributed by atoms with Gasteiger partial charge in [-0.2, -0.15) is 0 Å². The first-order chi connectivity index (χ1) is 11.2. The van der Waals surface area contributed by atoms with Crippen LogP contribution in [0.2, 0.25) is 0 Å². The number of amides is 1. The van der Waals surface area contributed by atoms with Crippen molar-refractivity contribution in [1.82, 2.24) is 5.32 Å². The fourth-order valence-electron chi connectivity index (χ4n) is 2.66. The van der Waals surface area contributed by atoms with Gasteiger partial charge in [0.25, 0.3) is 5.91 Å². The zero-order chi connectivity index (χ0) is 16.2. The Bertz CT molecular complexity index is 734. The summed E-state index contributed by atoms with van der Waals surface area (Å²) in [4.78, 5) is 12.4. The van der Waals surface area contributed by atoms with Crippen molar-refractivity contribution in [3.05, 3.63) is 53.1 Å². The van der Waals surface area contributed by atoms with Crippen LogP contribution in [0.15, 0.2) is 36.4 Å². The van der Waals surface area contributed by atoms with Gasteiger partial charge in [-0.05, 0) is 42.3 Å². The van der Waals surface area contributed by atoms with Crippen LogP contribution >= 0.6 is 12.4 Å². The van der Waals surface area contributed by atoms with Crippen LogP contribution in [0.1, 0.15) is 28.4 Å². The highest BCUT2D eigenvalue weighted by Gasteiger charge is 2.14. The van der Waals surface area contributed by atoms with E-state index in [0.29, 0.717) is 29.4 Å². The van der Waals surface area contributed by atoms with Crippen molar-refractivity contribution in [2.45, 2.75) is 20.0 Å². The fourth-order valence-corrected chi connectivity index (χ4v) is 2.66. The van der Waals surface area contributed by atoms with Gasteiger partial charge >= 0.3 is 0 Å². The van der Waals surface area contributed by atoms with E-state index in [-0.39, 0.29) is 18.3 Å². The Balaban J connectivity index is 0.00000208. The third-order valence-electron chi connectivity index (χ3n) is 3.82. The largest absolute Gasteiger partial charge is 0.493 e. The number of fused-ring (bicyclic) bond motifs is 1. The van der Waals surface area contributed by atoms with Crippen molar-refractivity contribution < 1.29 is 14.3 Å². The van der Waals surface area contributed by atoms with Crippen molar-refractivity contribution in [2.24, 2.45) is 0 Å². The molecule has 24 heavy (non-hydrogen) atoms. The molecule has 2 aromatic rings. The summed E-state index contributed by atoms with van der Waals surface area (Å²) in [5.74, 6) is 1.13. The summed E-state index contributed by atoms with van der Waals surface area (Å²) in [6, 6.07) is 11.2. The number of hydrogen-bond donors (Lipinski definition) is 2. The minimum absolute atomic E-state index is 0. The summed E-state index contributed by atoms with van der Waals surface area (Å²) in [5, 5.41) is 6.17. The quantitative estimate of drug-likeness (QED) is 0.869. The number of benzene rings is 2. The monoisotopic (exact) mass is 348 g/mol. The number of ether oxygens (including phenoxy) is 2. The molecule has 0 spiro atoms. The van der Waals surface area contributed by atoms with Crippen LogP contribution < -0.4 is 20.1 Å². The number of halogens is 1. The van der Waals surface area contributed by atoms with E-state index in [0.717, 1.165) is 13.1 Å².